The van der Waals surface area contributed by atoms with Gasteiger partial charge in [0.1, 0.15) is 11.5 Å². The summed E-state index contributed by atoms with van der Waals surface area (Å²) in [7, 11) is 0. The molecule has 0 aliphatic rings. The number of benzene rings is 2. The lowest BCUT2D eigenvalue weighted by Gasteiger charge is -2.11. The molecule has 0 aliphatic carbocycles. The second-order valence-electron chi connectivity index (χ2n) is 5.63. The smallest absolute Gasteiger partial charge is 0.307 e. The fraction of sp³-hybridized carbons (Fsp3) is 0.222. The second-order valence-corrected chi connectivity index (χ2v) is 6.01. The SMILES string of the molecule is Cc1cc(OCC(=O)Nc2cc(CC(=O)O)ccc2O)cc(C)c1Cl. The summed E-state index contributed by atoms with van der Waals surface area (Å²) in [4.78, 5) is 22.8. The summed E-state index contributed by atoms with van der Waals surface area (Å²) in [6, 6.07) is 7.69. The van der Waals surface area contributed by atoms with Crippen LogP contribution >= 0.6 is 11.6 Å². The monoisotopic (exact) mass is 363 g/mol. The van der Waals surface area contributed by atoms with Gasteiger partial charge in [-0.15, -0.1) is 0 Å². The van der Waals surface area contributed by atoms with Crippen molar-refractivity contribution < 1.29 is 24.5 Å². The molecule has 0 saturated heterocycles. The van der Waals surface area contributed by atoms with E-state index in [4.69, 9.17) is 21.4 Å². The standard InChI is InChI=1S/C18H18ClNO5/c1-10-5-13(6-11(2)18(10)19)25-9-16(22)20-14-7-12(8-17(23)24)3-4-15(14)21/h3-7,21H,8-9H2,1-2H3,(H,20,22)(H,23,24). The molecule has 1 amide bonds. The van der Waals surface area contributed by atoms with Crippen LogP contribution in [-0.2, 0) is 16.0 Å². The number of hydrogen-bond donors (Lipinski definition) is 3. The molecule has 7 heteroatoms. The maximum absolute atomic E-state index is 12.0. The fourth-order valence-electron chi connectivity index (χ4n) is 2.29. The first-order valence-electron chi connectivity index (χ1n) is 7.49. The largest absolute Gasteiger partial charge is 0.506 e. The van der Waals surface area contributed by atoms with E-state index in [9.17, 15) is 14.7 Å². The van der Waals surface area contributed by atoms with Crippen LogP contribution in [0, 0.1) is 13.8 Å². The summed E-state index contributed by atoms with van der Waals surface area (Å²) >= 11 is 6.08. The van der Waals surface area contributed by atoms with Crippen LogP contribution in [0.1, 0.15) is 16.7 Å². The van der Waals surface area contributed by atoms with Crippen LogP contribution in [0.15, 0.2) is 30.3 Å². The Kier molecular flexibility index (Phi) is 5.88. The molecule has 0 spiro atoms. The summed E-state index contributed by atoms with van der Waals surface area (Å²) in [5.41, 5.74) is 2.29. The number of carboxylic acid groups (broad SMARTS) is 1. The first-order valence-corrected chi connectivity index (χ1v) is 7.87. The van der Waals surface area contributed by atoms with Gasteiger partial charge in [-0.3, -0.25) is 9.59 Å². The Morgan fingerprint density at radius 3 is 2.40 bits per heavy atom. The number of amides is 1. The van der Waals surface area contributed by atoms with Crippen LogP contribution in [0.2, 0.25) is 5.02 Å². The highest BCUT2D eigenvalue weighted by molar-refractivity contribution is 6.32. The topological polar surface area (TPSA) is 95.9 Å². The van der Waals surface area contributed by atoms with Crippen molar-refractivity contribution in [2.24, 2.45) is 0 Å². The van der Waals surface area contributed by atoms with Crippen LogP contribution in [0.25, 0.3) is 0 Å². The highest BCUT2D eigenvalue weighted by atomic mass is 35.5. The number of ether oxygens (including phenoxy) is 1. The molecule has 0 atom stereocenters. The number of carboxylic acids is 1. The number of hydrogen-bond acceptors (Lipinski definition) is 4. The van der Waals surface area contributed by atoms with Gasteiger partial charge < -0.3 is 20.3 Å². The third kappa shape index (κ3) is 5.12. The number of aryl methyl sites for hydroxylation is 2. The zero-order valence-corrected chi connectivity index (χ0v) is 14.6. The van der Waals surface area contributed by atoms with Crippen molar-refractivity contribution in [1.29, 1.82) is 0 Å². The van der Waals surface area contributed by atoms with Gasteiger partial charge in [0, 0.05) is 5.02 Å². The van der Waals surface area contributed by atoms with Crippen LogP contribution in [0.3, 0.4) is 0 Å². The fourth-order valence-corrected chi connectivity index (χ4v) is 2.40. The molecule has 132 valence electrons. The normalized spacial score (nSPS) is 10.4. The molecular weight excluding hydrogens is 346 g/mol. The number of carbonyl (C=O) groups excluding carboxylic acids is 1. The van der Waals surface area contributed by atoms with Crippen molar-refractivity contribution in [2.45, 2.75) is 20.3 Å². The average Bonchev–Trinajstić information content (AvgIpc) is 2.53. The van der Waals surface area contributed by atoms with E-state index >= 15 is 0 Å². The Hall–Kier alpha value is -2.73. The zero-order chi connectivity index (χ0) is 18.6. The van der Waals surface area contributed by atoms with Gasteiger partial charge >= 0.3 is 5.97 Å². The lowest BCUT2D eigenvalue weighted by Crippen LogP contribution is -2.20. The van der Waals surface area contributed by atoms with E-state index in [1.165, 1.54) is 18.2 Å². The lowest BCUT2D eigenvalue weighted by atomic mass is 10.1. The molecule has 3 N–H and O–H groups in total. The molecule has 0 unspecified atom stereocenters. The van der Waals surface area contributed by atoms with E-state index in [1.54, 1.807) is 12.1 Å². The molecule has 6 nitrogen and oxygen atoms in total. The van der Waals surface area contributed by atoms with Crippen molar-refractivity contribution in [1.82, 2.24) is 0 Å². The number of carbonyl (C=O) groups is 2. The molecular formula is C18H18ClNO5. The maximum Gasteiger partial charge on any atom is 0.307 e. The van der Waals surface area contributed by atoms with Gasteiger partial charge in [0.15, 0.2) is 6.61 Å². The number of halogens is 1. The van der Waals surface area contributed by atoms with Crippen LogP contribution < -0.4 is 10.1 Å². The number of nitrogens with one attached hydrogen (secondary N) is 1. The number of phenolic OH excluding ortho intramolecular Hbond substituents is 1. The van der Waals surface area contributed by atoms with Gasteiger partial charge in [-0.05, 0) is 54.8 Å². The van der Waals surface area contributed by atoms with Gasteiger partial charge in [-0.1, -0.05) is 17.7 Å². The van der Waals surface area contributed by atoms with Crippen molar-refractivity contribution >= 4 is 29.2 Å². The average molecular weight is 364 g/mol. The van der Waals surface area contributed by atoms with E-state index in [0.717, 1.165) is 11.1 Å². The van der Waals surface area contributed by atoms with Crippen molar-refractivity contribution in [2.75, 3.05) is 11.9 Å². The number of aliphatic carboxylic acids is 1. The summed E-state index contributed by atoms with van der Waals surface area (Å²) in [5.74, 6) is -1.12. The van der Waals surface area contributed by atoms with Crippen molar-refractivity contribution in [3.05, 3.63) is 52.0 Å². The predicted molar refractivity (Wildman–Crippen MR) is 94.5 cm³/mol. The van der Waals surface area contributed by atoms with Crippen molar-refractivity contribution in [3.63, 3.8) is 0 Å². The number of rotatable bonds is 6. The Morgan fingerprint density at radius 2 is 1.80 bits per heavy atom. The Labute approximate surface area is 150 Å². The Bertz CT molecular complexity index is 796. The van der Waals surface area contributed by atoms with Gasteiger partial charge in [0.2, 0.25) is 0 Å². The van der Waals surface area contributed by atoms with Crippen molar-refractivity contribution in [3.8, 4) is 11.5 Å². The number of aromatic hydroxyl groups is 1. The lowest BCUT2D eigenvalue weighted by molar-refractivity contribution is -0.136. The third-order valence-electron chi connectivity index (χ3n) is 3.47. The minimum atomic E-state index is -1.00. The summed E-state index contributed by atoms with van der Waals surface area (Å²) in [5, 5.41) is 21.7. The van der Waals surface area contributed by atoms with E-state index in [-0.39, 0.29) is 24.5 Å². The Balaban J connectivity index is 2.02. The molecule has 2 aromatic carbocycles. The summed E-state index contributed by atoms with van der Waals surface area (Å²) < 4.78 is 5.44. The number of phenols is 1. The minimum Gasteiger partial charge on any atom is -0.506 e. The second kappa shape index (κ2) is 7.90. The zero-order valence-electron chi connectivity index (χ0n) is 13.8. The summed E-state index contributed by atoms with van der Waals surface area (Å²) in [6.45, 7) is 3.42. The molecule has 25 heavy (non-hydrogen) atoms. The Morgan fingerprint density at radius 1 is 1.16 bits per heavy atom. The van der Waals surface area contributed by atoms with E-state index in [1.807, 2.05) is 13.8 Å². The van der Waals surface area contributed by atoms with Crippen LogP contribution in [-0.4, -0.2) is 28.7 Å². The van der Waals surface area contributed by atoms with Gasteiger partial charge in [0.05, 0.1) is 12.1 Å². The van der Waals surface area contributed by atoms with E-state index in [2.05, 4.69) is 5.32 Å². The first-order chi connectivity index (χ1) is 11.8. The molecule has 0 fully saturated rings. The third-order valence-corrected chi connectivity index (χ3v) is 4.07. The molecule has 0 aliphatic heterocycles. The molecule has 0 radical (unpaired) electrons. The molecule has 0 saturated carbocycles. The van der Waals surface area contributed by atoms with Crippen LogP contribution in [0.5, 0.6) is 11.5 Å². The quantitative estimate of drug-likeness (QED) is 0.684. The molecule has 0 aromatic heterocycles. The maximum atomic E-state index is 12.0. The van der Waals surface area contributed by atoms with Crippen LogP contribution in [0.4, 0.5) is 5.69 Å². The highest BCUT2D eigenvalue weighted by Gasteiger charge is 2.11. The molecule has 2 rings (SSSR count). The van der Waals surface area contributed by atoms with Gasteiger partial charge in [0.25, 0.3) is 5.91 Å². The highest BCUT2D eigenvalue weighted by Crippen LogP contribution is 2.26. The number of anilines is 1. The minimum absolute atomic E-state index is 0.135. The first kappa shape index (κ1) is 18.6. The van der Waals surface area contributed by atoms with E-state index < -0.39 is 11.9 Å². The van der Waals surface area contributed by atoms with Gasteiger partial charge in [-0.25, -0.2) is 0 Å². The predicted octanol–water partition coefficient (Wildman–Crippen LogP) is 3.31. The van der Waals surface area contributed by atoms with Gasteiger partial charge in [-0.2, -0.15) is 0 Å². The molecule has 0 heterocycles. The molecule has 0 bridgehead atoms. The molecule has 2 aromatic rings. The summed E-state index contributed by atoms with van der Waals surface area (Å²) in [6.07, 6.45) is -0.205. The van der Waals surface area contributed by atoms with E-state index in [0.29, 0.717) is 16.3 Å².